The molecule has 1 N–H and O–H groups in total. The molecule has 2 heteroatoms. The highest BCUT2D eigenvalue weighted by Gasteiger charge is 2.36. The zero-order valence-corrected chi connectivity index (χ0v) is 9.88. The lowest BCUT2D eigenvalue weighted by Gasteiger charge is -2.41. The van der Waals surface area contributed by atoms with Crippen molar-refractivity contribution >= 4 is 0 Å². The molecular weight excluding hydrogens is 198 g/mol. The molecule has 1 aliphatic carbocycles. The van der Waals surface area contributed by atoms with Crippen LogP contribution in [0.4, 0.5) is 0 Å². The van der Waals surface area contributed by atoms with Gasteiger partial charge in [-0.2, -0.15) is 0 Å². The minimum atomic E-state index is 0.0623. The monoisotopic (exact) mass is 217 g/mol. The van der Waals surface area contributed by atoms with Gasteiger partial charge in [0.05, 0.1) is 5.60 Å². The molecule has 1 fully saturated rings. The van der Waals surface area contributed by atoms with Crippen molar-refractivity contribution in [1.82, 2.24) is 5.32 Å². The summed E-state index contributed by atoms with van der Waals surface area (Å²) in [5.74, 6) is 0. The summed E-state index contributed by atoms with van der Waals surface area (Å²) in [6.45, 7) is 1.97. The fraction of sp³-hybridized carbons (Fsp3) is 0.571. The molecule has 1 aromatic carbocycles. The second-order valence-electron chi connectivity index (χ2n) is 5.12. The molecule has 1 aliphatic heterocycles. The number of aryl methyl sites for hydroxylation is 2. The summed E-state index contributed by atoms with van der Waals surface area (Å²) in [5.41, 5.74) is 4.62. The fourth-order valence-corrected chi connectivity index (χ4v) is 2.85. The number of methoxy groups -OCH3 is 1. The molecule has 1 heterocycles. The maximum Gasteiger partial charge on any atom is 0.0966 e. The number of nitrogens with one attached hydrogen (secondary N) is 1. The largest absolute Gasteiger partial charge is 0.375 e. The van der Waals surface area contributed by atoms with Crippen molar-refractivity contribution in [1.29, 1.82) is 0 Å². The molecule has 1 saturated heterocycles. The highest BCUT2D eigenvalue weighted by atomic mass is 16.5. The number of hydrogen-bond donors (Lipinski definition) is 1. The van der Waals surface area contributed by atoms with E-state index in [-0.39, 0.29) is 5.60 Å². The van der Waals surface area contributed by atoms with Crippen molar-refractivity contribution in [2.24, 2.45) is 0 Å². The zero-order valence-electron chi connectivity index (χ0n) is 9.88. The minimum Gasteiger partial charge on any atom is -0.375 e. The SMILES string of the molecule is COC1(Cc2ccc3c(c2)CCC3)CNC1. The average molecular weight is 217 g/mol. The topological polar surface area (TPSA) is 21.3 Å². The van der Waals surface area contributed by atoms with E-state index >= 15 is 0 Å². The van der Waals surface area contributed by atoms with Gasteiger partial charge in [-0.1, -0.05) is 18.2 Å². The Hall–Kier alpha value is -0.860. The van der Waals surface area contributed by atoms with Gasteiger partial charge in [0.2, 0.25) is 0 Å². The number of fused-ring (bicyclic) bond motifs is 1. The predicted octanol–water partition coefficient (Wildman–Crippen LogP) is 1.71. The van der Waals surface area contributed by atoms with Gasteiger partial charge in [-0.05, 0) is 36.0 Å². The van der Waals surface area contributed by atoms with E-state index in [4.69, 9.17) is 4.74 Å². The van der Waals surface area contributed by atoms with Crippen LogP contribution in [0.3, 0.4) is 0 Å². The van der Waals surface area contributed by atoms with Gasteiger partial charge in [-0.15, -0.1) is 0 Å². The molecule has 0 bridgehead atoms. The van der Waals surface area contributed by atoms with Crippen molar-refractivity contribution in [3.8, 4) is 0 Å². The highest BCUT2D eigenvalue weighted by Crippen LogP contribution is 2.27. The van der Waals surface area contributed by atoms with Crippen LogP contribution in [0.25, 0.3) is 0 Å². The molecule has 0 saturated carbocycles. The van der Waals surface area contributed by atoms with Crippen LogP contribution in [0.1, 0.15) is 23.1 Å². The van der Waals surface area contributed by atoms with Crippen LogP contribution in [-0.2, 0) is 24.0 Å². The van der Waals surface area contributed by atoms with Gasteiger partial charge in [-0.25, -0.2) is 0 Å². The molecule has 16 heavy (non-hydrogen) atoms. The third-order valence-corrected chi connectivity index (χ3v) is 4.02. The number of hydrogen-bond acceptors (Lipinski definition) is 2. The molecule has 0 atom stereocenters. The molecule has 86 valence electrons. The molecule has 0 radical (unpaired) electrons. The van der Waals surface area contributed by atoms with Gasteiger partial charge in [0, 0.05) is 26.6 Å². The lowest BCUT2D eigenvalue weighted by molar-refractivity contribution is -0.0502. The summed E-state index contributed by atoms with van der Waals surface area (Å²) < 4.78 is 5.63. The maximum atomic E-state index is 5.63. The van der Waals surface area contributed by atoms with E-state index < -0.39 is 0 Å². The van der Waals surface area contributed by atoms with Crippen molar-refractivity contribution in [3.05, 3.63) is 34.9 Å². The van der Waals surface area contributed by atoms with Crippen LogP contribution in [0.15, 0.2) is 18.2 Å². The third-order valence-electron chi connectivity index (χ3n) is 4.02. The number of benzene rings is 1. The van der Waals surface area contributed by atoms with Crippen LogP contribution in [0.5, 0.6) is 0 Å². The van der Waals surface area contributed by atoms with E-state index in [9.17, 15) is 0 Å². The van der Waals surface area contributed by atoms with Crippen molar-refractivity contribution < 1.29 is 4.74 Å². The zero-order chi connectivity index (χ0) is 11.0. The van der Waals surface area contributed by atoms with Crippen LogP contribution in [0, 0.1) is 0 Å². The molecule has 0 unspecified atom stereocenters. The van der Waals surface area contributed by atoms with E-state index in [1.54, 1.807) is 11.1 Å². The normalized spacial score (nSPS) is 21.6. The quantitative estimate of drug-likeness (QED) is 0.832. The van der Waals surface area contributed by atoms with Crippen molar-refractivity contribution in [3.63, 3.8) is 0 Å². The van der Waals surface area contributed by atoms with E-state index in [1.807, 2.05) is 7.11 Å². The Labute approximate surface area is 97.0 Å². The van der Waals surface area contributed by atoms with E-state index in [1.165, 1.54) is 24.8 Å². The molecule has 1 aromatic rings. The smallest absolute Gasteiger partial charge is 0.0966 e. The van der Waals surface area contributed by atoms with Gasteiger partial charge in [0.1, 0.15) is 0 Å². The molecule has 2 aliphatic rings. The van der Waals surface area contributed by atoms with Gasteiger partial charge >= 0.3 is 0 Å². The van der Waals surface area contributed by atoms with Crippen LogP contribution in [-0.4, -0.2) is 25.8 Å². The summed E-state index contributed by atoms with van der Waals surface area (Å²) in [4.78, 5) is 0. The van der Waals surface area contributed by atoms with Gasteiger partial charge in [0.15, 0.2) is 0 Å². The first-order chi connectivity index (χ1) is 7.81. The highest BCUT2D eigenvalue weighted by molar-refractivity contribution is 5.36. The van der Waals surface area contributed by atoms with Crippen LogP contribution in [0.2, 0.25) is 0 Å². The Morgan fingerprint density at radius 3 is 2.75 bits per heavy atom. The first kappa shape index (κ1) is 10.3. The summed E-state index contributed by atoms with van der Waals surface area (Å²) in [5, 5.41) is 3.30. The van der Waals surface area contributed by atoms with Gasteiger partial charge in [0.25, 0.3) is 0 Å². The summed E-state index contributed by atoms with van der Waals surface area (Å²) >= 11 is 0. The first-order valence-corrected chi connectivity index (χ1v) is 6.18. The van der Waals surface area contributed by atoms with Gasteiger partial charge < -0.3 is 10.1 Å². The van der Waals surface area contributed by atoms with Gasteiger partial charge in [-0.3, -0.25) is 0 Å². The van der Waals surface area contributed by atoms with E-state index in [0.29, 0.717) is 0 Å². The molecule has 0 aromatic heterocycles. The van der Waals surface area contributed by atoms with Crippen molar-refractivity contribution in [2.45, 2.75) is 31.3 Å². The third kappa shape index (κ3) is 1.66. The van der Waals surface area contributed by atoms with Crippen LogP contribution < -0.4 is 5.32 Å². The Balaban J connectivity index is 1.80. The number of ether oxygens (including phenoxy) is 1. The summed E-state index contributed by atoms with van der Waals surface area (Å²) in [6, 6.07) is 6.98. The minimum absolute atomic E-state index is 0.0623. The molecule has 0 spiro atoms. The summed E-state index contributed by atoms with van der Waals surface area (Å²) in [7, 11) is 1.83. The van der Waals surface area contributed by atoms with E-state index in [2.05, 4.69) is 23.5 Å². The Morgan fingerprint density at radius 1 is 1.25 bits per heavy atom. The Kier molecular flexibility index (Phi) is 2.49. The lowest BCUT2D eigenvalue weighted by Crippen LogP contribution is -2.61. The lowest BCUT2D eigenvalue weighted by atomic mass is 9.88. The number of rotatable bonds is 3. The predicted molar refractivity (Wildman–Crippen MR) is 64.8 cm³/mol. The Bertz CT molecular complexity index is 390. The standard InChI is InChI=1S/C14H19NO/c1-16-14(9-15-10-14)8-11-5-6-12-3-2-4-13(12)7-11/h5-7,15H,2-4,8-10H2,1H3. The summed E-state index contributed by atoms with van der Waals surface area (Å²) in [6.07, 6.45) is 4.91. The first-order valence-electron chi connectivity index (χ1n) is 6.18. The van der Waals surface area contributed by atoms with Crippen molar-refractivity contribution in [2.75, 3.05) is 20.2 Å². The fourth-order valence-electron chi connectivity index (χ4n) is 2.85. The molecule has 0 amide bonds. The molecular formula is C14H19NO. The molecule has 3 rings (SSSR count). The van der Waals surface area contributed by atoms with Crippen LogP contribution >= 0.6 is 0 Å². The Morgan fingerprint density at radius 2 is 2.06 bits per heavy atom. The molecule has 2 nitrogen and oxygen atoms in total. The average Bonchev–Trinajstić information content (AvgIpc) is 2.70. The second-order valence-corrected chi connectivity index (χ2v) is 5.12. The van der Waals surface area contributed by atoms with E-state index in [0.717, 1.165) is 19.5 Å². The second kappa shape index (κ2) is 3.86. The maximum absolute atomic E-state index is 5.63.